The van der Waals surface area contributed by atoms with Crippen LogP contribution in [0.25, 0.3) is 6.08 Å². The van der Waals surface area contributed by atoms with Crippen molar-refractivity contribution >= 4 is 11.9 Å². The highest BCUT2D eigenvalue weighted by atomic mass is 16.6. The van der Waals surface area contributed by atoms with E-state index in [9.17, 15) is 15.0 Å². The Labute approximate surface area is 143 Å². The lowest BCUT2D eigenvalue weighted by molar-refractivity contribution is 0.101. The summed E-state index contributed by atoms with van der Waals surface area (Å²) in [7, 11) is 4.35. The molecule has 0 unspecified atom stereocenters. The fraction of sp³-hybridized carbons (Fsp3) is 0.167. The van der Waals surface area contributed by atoms with Gasteiger partial charge in [-0.1, -0.05) is 6.07 Å². The van der Waals surface area contributed by atoms with Crippen LogP contribution < -0.4 is 18.9 Å². The van der Waals surface area contributed by atoms with Crippen LogP contribution in [0.4, 0.5) is 0 Å². The first kappa shape index (κ1) is 16.5. The molecule has 7 heteroatoms. The Morgan fingerprint density at radius 1 is 0.960 bits per heavy atom. The van der Waals surface area contributed by atoms with E-state index in [1.54, 1.807) is 6.07 Å². The number of phenolic OH excluding ortho intramolecular Hbond substituents is 2. The third-order valence-electron chi connectivity index (χ3n) is 3.76. The first-order valence-electron chi connectivity index (χ1n) is 7.29. The maximum Gasteiger partial charge on any atom is 0.232 e. The molecule has 130 valence electrons. The second-order valence-electron chi connectivity index (χ2n) is 5.21. The molecule has 2 N–H and O–H groups in total. The van der Waals surface area contributed by atoms with Crippen molar-refractivity contribution in [3.8, 4) is 34.5 Å². The molecule has 0 aliphatic carbocycles. The van der Waals surface area contributed by atoms with E-state index in [0.29, 0.717) is 17.1 Å². The predicted octanol–water partition coefficient (Wildman–Crippen LogP) is 2.74. The van der Waals surface area contributed by atoms with Crippen LogP contribution in [0, 0.1) is 0 Å². The van der Waals surface area contributed by atoms with Gasteiger partial charge in [0, 0.05) is 0 Å². The molecule has 0 atom stereocenters. The van der Waals surface area contributed by atoms with Gasteiger partial charge in [0.05, 0.1) is 26.9 Å². The van der Waals surface area contributed by atoms with Gasteiger partial charge in [-0.05, 0) is 29.8 Å². The lowest BCUT2D eigenvalue weighted by Gasteiger charge is -2.14. The van der Waals surface area contributed by atoms with Gasteiger partial charge in [-0.3, -0.25) is 4.79 Å². The maximum atomic E-state index is 12.6. The highest BCUT2D eigenvalue weighted by Gasteiger charge is 2.34. The molecule has 0 radical (unpaired) electrons. The number of benzene rings is 2. The number of phenols is 2. The van der Waals surface area contributed by atoms with Crippen LogP contribution in [0.2, 0.25) is 0 Å². The van der Waals surface area contributed by atoms with E-state index in [-0.39, 0.29) is 40.1 Å². The summed E-state index contributed by atoms with van der Waals surface area (Å²) in [5.41, 5.74) is 0.771. The zero-order valence-corrected chi connectivity index (χ0v) is 13.8. The van der Waals surface area contributed by atoms with Crippen LogP contribution in [0.1, 0.15) is 15.9 Å². The molecule has 0 amide bonds. The van der Waals surface area contributed by atoms with Crippen molar-refractivity contribution in [1.82, 2.24) is 0 Å². The molecule has 0 fully saturated rings. The van der Waals surface area contributed by atoms with Crippen LogP contribution >= 0.6 is 0 Å². The average Bonchev–Trinajstić information content (AvgIpc) is 2.92. The minimum absolute atomic E-state index is 0.0497. The van der Waals surface area contributed by atoms with Crippen molar-refractivity contribution < 1.29 is 34.0 Å². The van der Waals surface area contributed by atoms with Gasteiger partial charge in [0.15, 0.2) is 28.8 Å². The van der Waals surface area contributed by atoms with E-state index >= 15 is 0 Å². The normalized spacial score (nSPS) is 14.2. The summed E-state index contributed by atoms with van der Waals surface area (Å²) in [6.07, 6.45) is 1.46. The number of methoxy groups -OCH3 is 3. The molecule has 1 heterocycles. The fourth-order valence-corrected chi connectivity index (χ4v) is 2.57. The summed E-state index contributed by atoms with van der Waals surface area (Å²) in [6.45, 7) is 0. The van der Waals surface area contributed by atoms with E-state index in [0.717, 1.165) is 0 Å². The monoisotopic (exact) mass is 344 g/mol. The zero-order valence-electron chi connectivity index (χ0n) is 13.8. The molecule has 3 rings (SSSR count). The topological polar surface area (TPSA) is 94.5 Å². The zero-order chi connectivity index (χ0) is 18.1. The lowest BCUT2D eigenvalue weighted by Crippen LogP contribution is -1.99. The SMILES string of the molecule is COc1cc2c(c(OC)c1OC)OC(=Cc1ccc(O)c(O)c1)C2=O. The molecule has 1 aliphatic rings. The number of fused-ring (bicyclic) bond motifs is 1. The quantitative estimate of drug-likeness (QED) is 0.650. The lowest BCUT2D eigenvalue weighted by atomic mass is 10.1. The molecule has 0 spiro atoms. The second-order valence-corrected chi connectivity index (χ2v) is 5.21. The van der Waals surface area contributed by atoms with E-state index < -0.39 is 0 Å². The molecule has 2 aromatic rings. The third kappa shape index (κ3) is 2.69. The summed E-state index contributed by atoms with van der Waals surface area (Å²) in [5, 5.41) is 18.9. The highest BCUT2D eigenvalue weighted by molar-refractivity contribution is 6.15. The van der Waals surface area contributed by atoms with E-state index in [2.05, 4.69) is 0 Å². The van der Waals surface area contributed by atoms with Gasteiger partial charge in [0.2, 0.25) is 17.3 Å². The van der Waals surface area contributed by atoms with Crippen molar-refractivity contribution in [1.29, 1.82) is 0 Å². The number of ketones is 1. The Morgan fingerprint density at radius 3 is 2.28 bits per heavy atom. The number of aromatic hydroxyl groups is 2. The summed E-state index contributed by atoms with van der Waals surface area (Å²) >= 11 is 0. The van der Waals surface area contributed by atoms with E-state index in [4.69, 9.17) is 18.9 Å². The van der Waals surface area contributed by atoms with Gasteiger partial charge >= 0.3 is 0 Å². The van der Waals surface area contributed by atoms with Gasteiger partial charge in [-0.2, -0.15) is 0 Å². The molecule has 7 nitrogen and oxygen atoms in total. The maximum absolute atomic E-state index is 12.6. The Bertz CT molecular complexity index is 883. The summed E-state index contributed by atoms with van der Waals surface area (Å²) in [4.78, 5) is 12.6. The first-order valence-corrected chi connectivity index (χ1v) is 7.29. The van der Waals surface area contributed by atoms with Gasteiger partial charge in [-0.15, -0.1) is 0 Å². The largest absolute Gasteiger partial charge is 0.504 e. The first-order chi connectivity index (χ1) is 12.0. The number of carbonyl (C=O) groups is 1. The summed E-state index contributed by atoms with van der Waals surface area (Å²) < 4.78 is 21.5. The van der Waals surface area contributed by atoms with Crippen molar-refractivity contribution in [2.75, 3.05) is 21.3 Å². The number of carbonyl (C=O) groups excluding carboxylic acids is 1. The molecule has 0 saturated carbocycles. The van der Waals surface area contributed by atoms with Crippen LogP contribution in [-0.4, -0.2) is 37.3 Å². The number of hydrogen-bond acceptors (Lipinski definition) is 7. The number of rotatable bonds is 4. The number of hydrogen-bond donors (Lipinski definition) is 2. The Morgan fingerprint density at radius 2 is 1.68 bits per heavy atom. The number of allylic oxidation sites excluding steroid dienone is 1. The Balaban J connectivity index is 2.09. The van der Waals surface area contributed by atoms with Gasteiger partial charge in [-0.25, -0.2) is 0 Å². The molecule has 1 aliphatic heterocycles. The smallest absolute Gasteiger partial charge is 0.232 e. The standard InChI is InChI=1S/C18H16O7/c1-22-14-8-10-15(21)13(7-9-4-5-11(19)12(20)6-9)25-16(10)18(24-3)17(14)23-2/h4-8,19-20H,1-3H3. The number of ether oxygens (including phenoxy) is 4. The van der Waals surface area contributed by atoms with Crippen LogP contribution in [0.15, 0.2) is 30.0 Å². The van der Waals surface area contributed by atoms with Crippen LogP contribution in [0.5, 0.6) is 34.5 Å². The molecule has 0 saturated heterocycles. The van der Waals surface area contributed by atoms with Crippen molar-refractivity contribution in [3.63, 3.8) is 0 Å². The van der Waals surface area contributed by atoms with Crippen molar-refractivity contribution in [3.05, 3.63) is 41.2 Å². The number of Topliss-reactive ketones (excluding diaryl/α,β-unsaturated/α-hetero) is 1. The minimum Gasteiger partial charge on any atom is -0.504 e. The molecule has 25 heavy (non-hydrogen) atoms. The van der Waals surface area contributed by atoms with Gasteiger partial charge < -0.3 is 29.2 Å². The fourth-order valence-electron chi connectivity index (χ4n) is 2.57. The van der Waals surface area contributed by atoms with E-state index in [1.165, 1.54) is 45.6 Å². The second kappa shape index (κ2) is 6.27. The Hall–Kier alpha value is -3.35. The summed E-state index contributed by atoms with van der Waals surface area (Å²) in [5.74, 6) is 0.300. The highest BCUT2D eigenvalue weighted by Crippen LogP contribution is 2.50. The third-order valence-corrected chi connectivity index (χ3v) is 3.76. The van der Waals surface area contributed by atoms with Crippen molar-refractivity contribution in [2.24, 2.45) is 0 Å². The molecule has 2 aromatic carbocycles. The molecular formula is C18H16O7. The van der Waals surface area contributed by atoms with Crippen molar-refractivity contribution in [2.45, 2.75) is 0 Å². The van der Waals surface area contributed by atoms with Crippen LogP contribution in [0.3, 0.4) is 0 Å². The molecule has 0 aromatic heterocycles. The predicted molar refractivity (Wildman–Crippen MR) is 88.8 cm³/mol. The van der Waals surface area contributed by atoms with Gasteiger partial charge in [0.1, 0.15) is 0 Å². The van der Waals surface area contributed by atoms with E-state index in [1.807, 2.05) is 0 Å². The summed E-state index contributed by atoms with van der Waals surface area (Å²) in [6, 6.07) is 5.70. The molecule has 0 bridgehead atoms. The van der Waals surface area contributed by atoms with Gasteiger partial charge in [0.25, 0.3) is 0 Å². The minimum atomic E-state index is -0.359. The Kier molecular flexibility index (Phi) is 4.14. The average molecular weight is 344 g/mol. The van der Waals surface area contributed by atoms with Crippen LogP contribution in [-0.2, 0) is 0 Å². The molecular weight excluding hydrogens is 328 g/mol.